The number of benzene rings is 2. The highest BCUT2D eigenvalue weighted by Gasteiger charge is 2.14. The first-order chi connectivity index (χ1) is 14.0. The monoisotopic (exact) mass is 432 g/mol. The van der Waals surface area contributed by atoms with Gasteiger partial charge in [0.15, 0.2) is 10.9 Å². The van der Waals surface area contributed by atoms with Crippen molar-refractivity contribution in [3.63, 3.8) is 0 Å². The Balaban J connectivity index is 1.67. The number of hydrogen-bond donors (Lipinski definition) is 2. The van der Waals surface area contributed by atoms with E-state index in [4.69, 9.17) is 21.1 Å². The summed E-state index contributed by atoms with van der Waals surface area (Å²) in [7, 11) is 2.94. The minimum atomic E-state index is -0.377. The second-order valence-corrected chi connectivity index (χ2v) is 7.07. The van der Waals surface area contributed by atoms with Gasteiger partial charge in [0.25, 0.3) is 5.56 Å². The summed E-state index contributed by atoms with van der Waals surface area (Å²) in [5, 5.41) is 11.3. The molecule has 0 unspecified atom stereocenters. The molecule has 0 spiro atoms. The number of rotatable bonds is 7. The molecule has 0 aliphatic rings. The number of carbonyl (C=O) groups is 1. The molecular formula is C19H17ClN4O4S. The van der Waals surface area contributed by atoms with Gasteiger partial charge >= 0.3 is 0 Å². The molecule has 29 heavy (non-hydrogen) atoms. The van der Waals surface area contributed by atoms with E-state index in [1.807, 2.05) is 18.2 Å². The first-order valence-electron chi connectivity index (χ1n) is 8.38. The fourth-order valence-electron chi connectivity index (χ4n) is 2.45. The number of amides is 1. The fraction of sp³-hybridized carbons (Fsp3) is 0.158. The number of methoxy groups -OCH3 is 2. The minimum Gasteiger partial charge on any atom is -0.495 e. The number of ether oxygens (including phenoxy) is 2. The lowest BCUT2D eigenvalue weighted by Gasteiger charge is -2.13. The summed E-state index contributed by atoms with van der Waals surface area (Å²) in [4.78, 5) is 27.2. The van der Waals surface area contributed by atoms with Crippen LogP contribution in [0.4, 0.5) is 5.69 Å². The molecule has 0 saturated heterocycles. The van der Waals surface area contributed by atoms with E-state index in [0.29, 0.717) is 27.8 Å². The fourth-order valence-corrected chi connectivity index (χ4v) is 3.28. The average molecular weight is 433 g/mol. The second-order valence-electron chi connectivity index (χ2n) is 5.70. The lowest BCUT2D eigenvalue weighted by molar-refractivity contribution is -0.113. The van der Waals surface area contributed by atoms with Crippen LogP contribution >= 0.6 is 23.4 Å². The number of nitrogens with zero attached hydrogens (tertiary/aromatic N) is 2. The summed E-state index contributed by atoms with van der Waals surface area (Å²) in [6, 6.07) is 12.1. The first kappa shape index (κ1) is 20.7. The van der Waals surface area contributed by atoms with Crippen LogP contribution in [-0.2, 0) is 4.79 Å². The van der Waals surface area contributed by atoms with Gasteiger partial charge in [-0.25, -0.2) is 0 Å². The molecule has 150 valence electrons. The molecule has 2 aromatic carbocycles. The van der Waals surface area contributed by atoms with Gasteiger partial charge in [-0.05, 0) is 0 Å². The van der Waals surface area contributed by atoms with Crippen LogP contribution < -0.4 is 20.3 Å². The number of anilines is 1. The number of nitrogens with one attached hydrogen (secondary N) is 2. The van der Waals surface area contributed by atoms with Crippen LogP contribution in [-0.4, -0.2) is 41.1 Å². The molecule has 1 amide bonds. The summed E-state index contributed by atoms with van der Waals surface area (Å²) < 4.78 is 10.4. The van der Waals surface area contributed by atoms with Crippen molar-refractivity contribution in [3.05, 3.63) is 57.8 Å². The molecule has 1 aromatic heterocycles. The average Bonchev–Trinajstić information content (AvgIpc) is 2.74. The summed E-state index contributed by atoms with van der Waals surface area (Å²) in [5.74, 6) is 0.479. The zero-order chi connectivity index (χ0) is 20.8. The quantitative estimate of drug-likeness (QED) is 0.552. The molecule has 0 saturated carbocycles. The Morgan fingerprint density at radius 3 is 2.52 bits per heavy atom. The van der Waals surface area contributed by atoms with Gasteiger partial charge in [-0.15, -0.1) is 10.2 Å². The van der Waals surface area contributed by atoms with Gasteiger partial charge in [0, 0.05) is 17.7 Å². The largest absolute Gasteiger partial charge is 0.495 e. The maximum Gasteiger partial charge on any atom is 0.278 e. The van der Waals surface area contributed by atoms with Gasteiger partial charge in [-0.1, -0.05) is 53.7 Å². The Hall–Kier alpha value is -3.04. The number of H-pyrrole nitrogens is 1. The van der Waals surface area contributed by atoms with Crippen LogP contribution in [0.1, 0.15) is 0 Å². The van der Waals surface area contributed by atoms with Crippen molar-refractivity contribution in [1.82, 2.24) is 15.2 Å². The number of carbonyl (C=O) groups excluding carboxylic acids is 1. The van der Waals surface area contributed by atoms with E-state index < -0.39 is 0 Å². The highest BCUT2D eigenvalue weighted by atomic mass is 35.5. The molecule has 0 bridgehead atoms. The zero-order valence-electron chi connectivity index (χ0n) is 15.6. The summed E-state index contributed by atoms with van der Waals surface area (Å²) >= 11 is 7.11. The van der Waals surface area contributed by atoms with Crippen LogP contribution in [0, 0.1) is 0 Å². The van der Waals surface area contributed by atoms with Gasteiger partial charge in [-0.3, -0.25) is 14.6 Å². The number of aromatic nitrogens is 3. The zero-order valence-corrected chi connectivity index (χ0v) is 17.1. The molecule has 1 heterocycles. The number of halogens is 1. The van der Waals surface area contributed by atoms with E-state index in [0.717, 1.165) is 11.8 Å². The molecule has 3 rings (SSSR count). The number of aromatic amines is 1. The first-order valence-corrected chi connectivity index (χ1v) is 9.74. The van der Waals surface area contributed by atoms with Crippen molar-refractivity contribution in [1.29, 1.82) is 0 Å². The van der Waals surface area contributed by atoms with E-state index in [9.17, 15) is 9.59 Å². The van der Waals surface area contributed by atoms with Gasteiger partial charge in [-0.2, -0.15) is 0 Å². The number of thioether (sulfide) groups is 1. The van der Waals surface area contributed by atoms with E-state index in [1.54, 1.807) is 24.3 Å². The molecule has 2 N–H and O–H groups in total. The molecule has 10 heteroatoms. The molecule has 0 aliphatic heterocycles. The third-order valence-corrected chi connectivity index (χ3v) is 4.97. The summed E-state index contributed by atoms with van der Waals surface area (Å²) in [6.07, 6.45) is 0. The molecular weight excluding hydrogens is 416 g/mol. The molecule has 8 nitrogen and oxygen atoms in total. The molecule has 0 radical (unpaired) electrons. The standard InChI is InChI=1S/C19H17ClN4O4S/c1-27-14-9-13(15(28-2)8-12(14)20)21-16(25)10-29-19-22-18(26)17(23-24-19)11-6-4-3-5-7-11/h3-9H,10H2,1-2H3,(H,21,25)(H,22,24,26). The summed E-state index contributed by atoms with van der Waals surface area (Å²) in [6.45, 7) is 0. The molecule has 3 aromatic rings. The number of hydrogen-bond acceptors (Lipinski definition) is 7. The Bertz CT molecular complexity index is 1080. The topological polar surface area (TPSA) is 106 Å². The van der Waals surface area contributed by atoms with Crippen LogP contribution in [0.2, 0.25) is 5.02 Å². The van der Waals surface area contributed by atoms with E-state index in [2.05, 4.69) is 20.5 Å². The minimum absolute atomic E-state index is 0.00337. The highest BCUT2D eigenvalue weighted by molar-refractivity contribution is 7.99. The highest BCUT2D eigenvalue weighted by Crippen LogP contribution is 2.35. The van der Waals surface area contributed by atoms with E-state index in [-0.39, 0.29) is 28.1 Å². The normalized spacial score (nSPS) is 10.4. The van der Waals surface area contributed by atoms with Crippen molar-refractivity contribution in [2.45, 2.75) is 5.16 Å². The Labute approximate surface area is 175 Å². The predicted molar refractivity (Wildman–Crippen MR) is 112 cm³/mol. The van der Waals surface area contributed by atoms with Gasteiger partial charge < -0.3 is 14.8 Å². The van der Waals surface area contributed by atoms with Crippen LogP contribution in [0.25, 0.3) is 11.3 Å². The SMILES string of the molecule is COc1cc(NC(=O)CSc2nnc(-c3ccccc3)c(=O)[nH]2)c(OC)cc1Cl. The van der Waals surface area contributed by atoms with Crippen molar-refractivity contribution < 1.29 is 14.3 Å². The van der Waals surface area contributed by atoms with Crippen LogP contribution in [0.15, 0.2) is 52.4 Å². The Kier molecular flexibility index (Phi) is 6.73. The van der Waals surface area contributed by atoms with E-state index in [1.165, 1.54) is 14.2 Å². The Morgan fingerprint density at radius 1 is 1.14 bits per heavy atom. The lowest BCUT2D eigenvalue weighted by Crippen LogP contribution is -2.17. The summed E-state index contributed by atoms with van der Waals surface area (Å²) in [5.41, 5.74) is 0.924. The van der Waals surface area contributed by atoms with Gasteiger partial charge in [0.2, 0.25) is 5.91 Å². The van der Waals surface area contributed by atoms with Gasteiger partial charge in [0.1, 0.15) is 11.5 Å². The maximum absolute atomic E-state index is 12.3. The maximum atomic E-state index is 12.3. The van der Waals surface area contributed by atoms with Crippen molar-refractivity contribution in [2.75, 3.05) is 25.3 Å². The smallest absolute Gasteiger partial charge is 0.278 e. The van der Waals surface area contributed by atoms with E-state index >= 15 is 0 Å². The molecule has 0 aliphatic carbocycles. The molecule has 0 atom stereocenters. The second kappa shape index (κ2) is 9.44. The van der Waals surface area contributed by atoms with Crippen molar-refractivity contribution in [3.8, 4) is 22.8 Å². The Morgan fingerprint density at radius 2 is 1.86 bits per heavy atom. The molecule has 0 fully saturated rings. The van der Waals surface area contributed by atoms with Gasteiger partial charge in [0.05, 0.1) is 30.7 Å². The van der Waals surface area contributed by atoms with Crippen molar-refractivity contribution >= 4 is 35.0 Å². The third kappa shape index (κ3) is 5.07. The van der Waals surface area contributed by atoms with Crippen molar-refractivity contribution in [2.24, 2.45) is 0 Å². The predicted octanol–water partition coefficient (Wildman–Crippen LogP) is 3.23. The van der Waals surface area contributed by atoms with Crippen LogP contribution in [0.5, 0.6) is 11.5 Å². The lowest BCUT2D eigenvalue weighted by atomic mass is 10.2. The van der Waals surface area contributed by atoms with Crippen LogP contribution in [0.3, 0.4) is 0 Å². The third-order valence-electron chi connectivity index (χ3n) is 3.81.